The number of H-pyrrole nitrogens is 1. The molecule has 1 heterocycles. The van der Waals surface area contributed by atoms with Crippen molar-refractivity contribution in [2.75, 3.05) is 19.6 Å². The Hall–Kier alpha value is -4.00. The van der Waals surface area contributed by atoms with Gasteiger partial charge in [-0.25, -0.2) is 10.4 Å². The van der Waals surface area contributed by atoms with Crippen molar-refractivity contribution in [2.45, 2.75) is 6.61 Å². The predicted octanol–water partition coefficient (Wildman–Crippen LogP) is 4.61. The molecule has 0 spiro atoms. The van der Waals surface area contributed by atoms with Crippen LogP contribution in [0.2, 0.25) is 0 Å². The molecule has 30 heavy (non-hydrogen) atoms. The molecule has 0 fully saturated rings. The molecule has 0 amide bonds. The Morgan fingerprint density at radius 2 is 1.67 bits per heavy atom. The first-order valence-electron chi connectivity index (χ1n) is 9.43. The molecule has 2 N–H and O–H groups in total. The van der Waals surface area contributed by atoms with Crippen LogP contribution < -0.4 is 19.6 Å². The third-order valence-corrected chi connectivity index (χ3v) is 4.48. The van der Waals surface area contributed by atoms with Crippen LogP contribution in [-0.2, 0) is 6.61 Å². The first-order valence-corrected chi connectivity index (χ1v) is 9.43. The highest BCUT2D eigenvalue weighted by molar-refractivity contribution is 5.83. The van der Waals surface area contributed by atoms with Gasteiger partial charge in [0.05, 0.1) is 31.5 Å². The largest absolute Gasteiger partial charge is 0.493 e. The number of anilines is 1. The van der Waals surface area contributed by atoms with E-state index in [1.54, 1.807) is 20.4 Å². The molecule has 7 nitrogen and oxygen atoms in total. The Kier molecular flexibility index (Phi) is 5.80. The van der Waals surface area contributed by atoms with Gasteiger partial charge in [-0.2, -0.15) is 5.10 Å². The van der Waals surface area contributed by atoms with Gasteiger partial charge in [-0.05, 0) is 29.8 Å². The molecule has 0 radical (unpaired) electrons. The van der Waals surface area contributed by atoms with Crippen molar-refractivity contribution in [3.63, 3.8) is 0 Å². The number of nitrogens with zero attached hydrogens (tertiary/aromatic N) is 2. The van der Waals surface area contributed by atoms with Gasteiger partial charge in [0.25, 0.3) is 0 Å². The number of nitrogens with one attached hydrogen (secondary N) is 2. The highest BCUT2D eigenvalue weighted by Crippen LogP contribution is 2.38. The number of rotatable bonds is 8. The van der Waals surface area contributed by atoms with Crippen LogP contribution in [0.5, 0.6) is 17.2 Å². The second-order valence-electron chi connectivity index (χ2n) is 6.50. The molecule has 0 aliphatic rings. The monoisotopic (exact) mass is 402 g/mol. The van der Waals surface area contributed by atoms with Gasteiger partial charge < -0.3 is 19.2 Å². The van der Waals surface area contributed by atoms with Crippen LogP contribution in [0.25, 0.3) is 11.0 Å². The van der Waals surface area contributed by atoms with Crippen molar-refractivity contribution in [1.29, 1.82) is 0 Å². The van der Waals surface area contributed by atoms with Gasteiger partial charge in [-0.15, -0.1) is 0 Å². The second kappa shape index (κ2) is 9.00. The number of aromatic nitrogens is 2. The molecule has 1 aromatic heterocycles. The predicted molar refractivity (Wildman–Crippen MR) is 118 cm³/mol. The number of hydrogen-bond donors (Lipinski definition) is 2. The minimum absolute atomic E-state index is 0.411. The topological polar surface area (TPSA) is 80.8 Å². The zero-order valence-corrected chi connectivity index (χ0v) is 16.8. The highest BCUT2D eigenvalue weighted by atomic mass is 16.5. The van der Waals surface area contributed by atoms with Gasteiger partial charge in [0.15, 0.2) is 11.5 Å². The Bertz CT molecular complexity index is 1100. The molecule has 0 unspecified atom stereocenters. The molecule has 0 atom stereocenters. The van der Waals surface area contributed by atoms with Crippen LogP contribution in [-0.4, -0.2) is 30.4 Å². The maximum absolute atomic E-state index is 5.97. The van der Waals surface area contributed by atoms with Crippen molar-refractivity contribution in [3.8, 4) is 17.2 Å². The summed E-state index contributed by atoms with van der Waals surface area (Å²) in [6.45, 7) is 0.411. The number of fused-ring (bicyclic) bond motifs is 1. The first-order chi connectivity index (χ1) is 14.8. The van der Waals surface area contributed by atoms with Crippen LogP contribution in [0.15, 0.2) is 71.8 Å². The van der Waals surface area contributed by atoms with E-state index in [1.165, 1.54) is 0 Å². The lowest BCUT2D eigenvalue weighted by Gasteiger charge is -2.15. The summed E-state index contributed by atoms with van der Waals surface area (Å²) in [6.07, 6.45) is 1.67. The Morgan fingerprint density at radius 1 is 0.967 bits per heavy atom. The highest BCUT2D eigenvalue weighted by Gasteiger charge is 2.14. The molecule has 0 aliphatic carbocycles. The summed E-state index contributed by atoms with van der Waals surface area (Å²) in [7, 11) is 3.19. The third-order valence-electron chi connectivity index (χ3n) is 4.48. The zero-order valence-electron chi connectivity index (χ0n) is 16.8. The molecular weight excluding hydrogens is 380 g/mol. The summed E-state index contributed by atoms with van der Waals surface area (Å²) in [4.78, 5) is 7.59. The van der Waals surface area contributed by atoms with Crippen LogP contribution >= 0.6 is 0 Å². The summed E-state index contributed by atoms with van der Waals surface area (Å²) < 4.78 is 17.0. The number of hydrazone groups is 1. The van der Waals surface area contributed by atoms with Gasteiger partial charge in [-0.3, -0.25) is 0 Å². The minimum Gasteiger partial charge on any atom is -0.493 e. The number of benzene rings is 3. The van der Waals surface area contributed by atoms with Gasteiger partial charge in [0.2, 0.25) is 11.7 Å². The molecular formula is C23H22N4O3. The molecule has 3 aromatic carbocycles. The normalized spacial score (nSPS) is 11.0. The van der Waals surface area contributed by atoms with Crippen molar-refractivity contribution < 1.29 is 14.2 Å². The molecule has 7 heteroatoms. The Morgan fingerprint density at radius 3 is 2.37 bits per heavy atom. The van der Waals surface area contributed by atoms with E-state index in [4.69, 9.17) is 14.2 Å². The molecule has 152 valence electrons. The lowest BCUT2D eigenvalue weighted by molar-refractivity contribution is 0.266. The summed E-state index contributed by atoms with van der Waals surface area (Å²) in [5, 5.41) is 4.26. The molecule has 0 bridgehead atoms. The van der Waals surface area contributed by atoms with E-state index >= 15 is 0 Å². The van der Waals surface area contributed by atoms with Crippen molar-refractivity contribution in [2.24, 2.45) is 5.10 Å². The Labute approximate surface area is 174 Å². The molecule has 4 aromatic rings. The molecule has 0 saturated carbocycles. The number of aromatic amines is 1. The summed E-state index contributed by atoms with van der Waals surface area (Å²) in [5.41, 5.74) is 6.57. The summed E-state index contributed by atoms with van der Waals surface area (Å²) in [5.74, 6) is 2.24. The second-order valence-corrected chi connectivity index (χ2v) is 6.50. The lowest BCUT2D eigenvalue weighted by Crippen LogP contribution is -2.01. The smallest absolute Gasteiger partial charge is 0.222 e. The van der Waals surface area contributed by atoms with E-state index in [9.17, 15) is 0 Å². The quantitative estimate of drug-likeness (QED) is 0.332. The fourth-order valence-corrected chi connectivity index (χ4v) is 3.02. The average molecular weight is 402 g/mol. The fourth-order valence-electron chi connectivity index (χ4n) is 3.02. The van der Waals surface area contributed by atoms with Crippen LogP contribution in [0, 0.1) is 0 Å². The maximum atomic E-state index is 5.97. The van der Waals surface area contributed by atoms with Crippen molar-refractivity contribution in [3.05, 3.63) is 77.9 Å². The van der Waals surface area contributed by atoms with E-state index in [0.717, 1.165) is 22.2 Å². The zero-order chi connectivity index (χ0) is 20.8. The number of imidazole rings is 1. The minimum atomic E-state index is 0.411. The van der Waals surface area contributed by atoms with Gasteiger partial charge >= 0.3 is 0 Å². The molecule has 0 aliphatic heterocycles. The molecule has 0 saturated heterocycles. The van der Waals surface area contributed by atoms with E-state index in [1.807, 2.05) is 66.7 Å². The Balaban J connectivity index is 1.51. The fraction of sp³-hybridized carbons (Fsp3) is 0.130. The average Bonchev–Trinajstić information content (AvgIpc) is 3.21. The number of methoxy groups -OCH3 is 2. The van der Waals surface area contributed by atoms with E-state index in [-0.39, 0.29) is 0 Å². The van der Waals surface area contributed by atoms with Gasteiger partial charge in [0, 0.05) is 5.56 Å². The van der Waals surface area contributed by atoms with E-state index < -0.39 is 0 Å². The SMILES string of the molecule is COc1cc(/C=N\Nc2nc3ccccc3[nH]2)cc(OC)c1OCc1ccccc1. The van der Waals surface area contributed by atoms with E-state index in [0.29, 0.717) is 29.8 Å². The number of para-hydroxylation sites is 2. The standard InChI is InChI=1S/C23H22N4O3/c1-28-20-12-17(14-24-27-23-25-18-10-6-7-11-19(18)26-23)13-21(29-2)22(20)30-15-16-8-4-3-5-9-16/h3-14H,15H2,1-2H3,(H2,25,26,27)/b24-14-. The third kappa shape index (κ3) is 4.35. The maximum Gasteiger partial charge on any atom is 0.222 e. The first kappa shape index (κ1) is 19.3. The van der Waals surface area contributed by atoms with Gasteiger partial charge in [-0.1, -0.05) is 42.5 Å². The van der Waals surface area contributed by atoms with E-state index in [2.05, 4.69) is 20.5 Å². The van der Waals surface area contributed by atoms with Crippen LogP contribution in [0.3, 0.4) is 0 Å². The number of ether oxygens (including phenoxy) is 3. The lowest BCUT2D eigenvalue weighted by atomic mass is 10.2. The molecule has 4 rings (SSSR count). The van der Waals surface area contributed by atoms with Crippen molar-refractivity contribution >= 4 is 23.2 Å². The number of hydrogen-bond acceptors (Lipinski definition) is 6. The van der Waals surface area contributed by atoms with Gasteiger partial charge in [0.1, 0.15) is 6.61 Å². The summed E-state index contributed by atoms with van der Waals surface area (Å²) in [6, 6.07) is 21.4. The summed E-state index contributed by atoms with van der Waals surface area (Å²) >= 11 is 0. The van der Waals surface area contributed by atoms with Crippen LogP contribution in [0.1, 0.15) is 11.1 Å². The van der Waals surface area contributed by atoms with Crippen LogP contribution in [0.4, 0.5) is 5.95 Å². The van der Waals surface area contributed by atoms with Crippen molar-refractivity contribution in [1.82, 2.24) is 9.97 Å².